The molecular formula is C9H8F3NO2. The first kappa shape index (κ1) is 11.5. The van der Waals surface area contributed by atoms with E-state index in [0.717, 1.165) is 13.2 Å². The van der Waals surface area contributed by atoms with E-state index in [4.69, 9.17) is 0 Å². The molecule has 0 aliphatic rings. The highest BCUT2D eigenvalue weighted by Gasteiger charge is 2.32. The van der Waals surface area contributed by atoms with Crippen molar-refractivity contribution in [3.05, 3.63) is 29.1 Å². The number of aromatic nitrogens is 1. The predicted molar refractivity (Wildman–Crippen MR) is 45.3 cm³/mol. The maximum Gasteiger partial charge on any atom is 0.417 e. The van der Waals surface area contributed by atoms with Crippen molar-refractivity contribution in [2.24, 2.45) is 0 Å². The molecule has 0 spiro atoms. The van der Waals surface area contributed by atoms with Gasteiger partial charge >= 0.3 is 12.1 Å². The number of aryl methyl sites for hydroxylation is 1. The molecule has 1 aromatic rings. The normalized spacial score (nSPS) is 11.3. The van der Waals surface area contributed by atoms with Crippen LogP contribution in [0.2, 0.25) is 0 Å². The summed E-state index contributed by atoms with van der Waals surface area (Å²) in [5.41, 5.74) is -0.935. The number of halogens is 3. The first-order chi connectivity index (χ1) is 6.86. The van der Waals surface area contributed by atoms with Crippen molar-refractivity contribution >= 4 is 5.97 Å². The van der Waals surface area contributed by atoms with E-state index in [2.05, 4.69) is 9.72 Å². The Morgan fingerprint density at radius 3 is 2.53 bits per heavy atom. The summed E-state index contributed by atoms with van der Waals surface area (Å²) >= 11 is 0. The Hall–Kier alpha value is -1.59. The maximum absolute atomic E-state index is 12.3. The number of nitrogens with zero attached hydrogens (tertiary/aromatic N) is 1. The van der Waals surface area contributed by atoms with Crippen LogP contribution >= 0.6 is 0 Å². The average Bonchev–Trinajstić information content (AvgIpc) is 2.15. The van der Waals surface area contributed by atoms with Gasteiger partial charge in [0.15, 0.2) is 0 Å². The fourth-order valence-electron chi connectivity index (χ4n) is 1.00. The molecule has 1 aromatic heterocycles. The molecule has 0 atom stereocenters. The van der Waals surface area contributed by atoms with Crippen LogP contribution in [-0.2, 0) is 10.9 Å². The lowest BCUT2D eigenvalue weighted by Gasteiger charge is -2.08. The van der Waals surface area contributed by atoms with E-state index < -0.39 is 17.7 Å². The zero-order valence-electron chi connectivity index (χ0n) is 8.05. The third-order valence-corrected chi connectivity index (χ3v) is 1.82. The summed E-state index contributed by atoms with van der Waals surface area (Å²) in [6.07, 6.45) is -3.83. The molecule has 0 unspecified atom stereocenters. The predicted octanol–water partition coefficient (Wildman–Crippen LogP) is 2.20. The number of carbonyl (C=O) groups excluding carboxylic acids is 1. The fraction of sp³-hybridized carbons (Fsp3) is 0.333. The molecule has 0 radical (unpaired) electrons. The van der Waals surface area contributed by atoms with Crippen LogP contribution < -0.4 is 0 Å². The van der Waals surface area contributed by atoms with Crippen LogP contribution in [0.15, 0.2) is 12.3 Å². The molecule has 0 bridgehead atoms. The topological polar surface area (TPSA) is 39.2 Å². The molecule has 15 heavy (non-hydrogen) atoms. The maximum atomic E-state index is 12.3. The third kappa shape index (κ3) is 2.45. The number of alkyl halides is 3. The van der Waals surface area contributed by atoms with Crippen LogP contribution in [0.1, 0.15) is 21.6 Å². The van der Waals surface area contributed by atoms with Gasteiger partial charge in [-0.2, -0.15) is 13.2 Å². The van der Waals surface area contributed by atoms with Crippen LogP contribution in [-0.4, -0.2) is 18.1 Å². The third-order valence-electron chi connectivity index (χ3n) is 1.82. The number of methoxy groups -OCH3 is 1. The number of pyridine rings is 1. The Balaban J connectivity index is 3.23. The van der Waals surface area contributed by atoms with Gasteiger partial charge < -0.3 is 4.74 Å². The first-order valence-electron chi connectivity index (χ1n) is 3.98. The highest BCUT2D eigenvalue weighted by atomic mass is 19.4. The molecule has 0 aliphatic carbocycles. The summed E-state index contributed by atoms with van der Waals surface area (Å²) in [6, 6.07) is 0.730. The minimum absolute atomic E-state index is 0.174. The minimum Gasteiger partial charge on any atom is -0.465 e. The quantitative estimate of drug-likeness (QED) is 0.679. The Labute approximate surface area is 83.9 Å². The van der Waals surface area contributed by atoms with Gasteiger partial charge in [-0.3, -0.25) is 4.98 Å². The van der Waals surface area contributed by atoms with Gasteiger partial charge in [0.05, 0.1) is 23.9 Å². The second kappa shape index (κ2) is 3.88. The summed E-state index contributed by atoms with van der Waals surface area (Å²) in [5.74, 6) is -0.828. The SMILES string of the molecule is COC(=O)c1cc(C(F)(F)F)cnc1C. The molecule has 0 amide bonds. The van der Waals surface area contributed by atoms with E-state index >= 15 is 0 Å². The van der Waals surface area contributed by atoms with Gasteiger partial charge in [-0.15, -0.1) is 0 Å². The largest absolute Gasteiger partial charge is 0.465 e. The van der Waals surface area contributed by atoms with E-state index in [1.807, 2.05) is 0 Å². The van der Waals surface area contributed by atoms with Crippen molar-refractivity contribution in [2.45, 2.75) is 13.1 Å². The second-order valence-electron chi connectivity index (χ2n) is 2.85. The monoisotopic (exact) mass is 219 g/mol. The number of esters is 1. The summed E-state index contributed by atoms with van der Waals surface area (Å²) in [6.45, 7) is 1.44. The van der Waals surface area contributed by atoms with E-state index in [1.54, 1.807) is 0 Å². The lowest BCUT2D eigenvalue weighted by Crippen LogP contribution is -2.11. The number of hydrogen-bond donors (Lipinski definition) is 0. The fourth-order valence-corrected chi connectivity index (χ4v) is 1.00. The molecule has 0 saturated heterocycles. The van der Waals surface area contributed by atoms with Crippen LogP contribution in [0.4, 0.5) is 13.2 Å². The molecule has 6 heteroatoms. The second-order valence-corrected chi connectivity index (χ2v) is 2.85. The van der Waals surface area contributed by atoms with Gasteiger partial charge in [0, 0.05) is 6.20 Å². The zero-order chi connectivity index (χ0) is 11.6. The van der Waals surface area contributed by atoms with E-state index in [0.29, 0.717) is 6.20 Å². The number of carbonyl (C=O) groups is 1. The first-order valence-corrected chi connectivity index (χ1v) is 3.98. The van der Waals surface area contributed by atoms with Gasteiger partial charge in [0.2, 0.25) is 0 Å². The molecule has 0 aromatic carbocycles. The molecule has 3 nitrogen and oxygen atoms in total. The van der Waals surface area contributed by atoms with Crippen molar-refractivity contribution in [3.63, 3.8) is 0 Å². The van der Waals surface area contributed by atoms with Gasteiger partial charge in [0.1, 0.15) is 0 Å². The Morgan fingerprint density at radius 1 is 1.47 bits per heavy atom. The molecule has 0 fully saturated rings. The molecule has 0 N–H and O–H groups in total. The number of rotatable bonds is 1. The zero-order valence-corrected chi connectivity index (χ0v) is 8.05. The molecular weight excluding hydrogens is 211 g/mol. The summed E-state index contributed by atoms with van der Waals surface area (Å²) in [4.78, 5) is 14.6. The van der Waals surface area contributed by atoms with Crippen LogP contribution in [0.25, 0.3) is 0 Å². The van der Waals surface area contributed by atoms with Crippen molar-refractivity contribution in [3.8, 4) is 0 Å². The van der Waals surface area contributed by atoms with E-state index in [9.17, 15) is 18.0 Å². The molecule has 1 heterocycles. The minimum atomic E-state index is -4.51. The van der Waals surface area contributed by atoms with Gasteiger partial charge in [-0.1, -0.05) is 0 Å². The van der Waals surface area contributed by atoms with Crippen LogP contribution in [0, 0.1) is 6.92 Å². The Bertz CT molecular complexity index is 387. The van der Waals surface area contributed by atoms with Crippen molar-refractivity contribution in [1.82, 2.24) is 4.98 Å². The van der Waals surface area contributed by atoms with Crippen molar-refractivity contribution in [1.29, 1.82) is 0 Å². The molecule has 0 aliphatic heterocycles. The van der Waals surface area contributed by atoms with Crippen LogP contribution in [0.3, 0.4) is 0 Å². The van der Waals surface area contributed by atoms with Gasteiger partial charge in [-0.25, -0.2) is 4.79 Å². The lowest BCUT2D eigenvalue weighted by molar-refractivity contribution is -0.137. The number of hydrogen-bond acceptors (Lipinski definition) is 3. The standard InChI is InChI=1S/C9H8F3NO2/c1-5-7(8(14)15-2)3-6(4-13-5)9(10,11)12/h3-4H,1-2H3. The summed E-state index contributed by atoms with van der Waals surface area (Å²) in [7, 11) is 1.10. The lowest BCUT2D eigenvalue weighted by atomic mass is 10.1. The smallest absolute Gasteiger partial charge is 0.417 e. The molecule has 82 valence electrons. The van der Waals surface area contributed by atoms with Gasteiger partial charge in [-0.05, 0) is 13.0 Å². The van der Waals surface area contributed by atoms with Crippen molar-refractivity contribution in [2.75, 3.05) is 7.11 Å². The van der Waals surface area contributed by atoms with E-state index in [-0.39, 0.29) is 11.3 Å². The Kier molecular flexibility index (Phi) is 2.97. The van der Waals surface area contributed by atoms with Gasteiger partial charge in [0.25, 0.3) is 0 Å². The van der Waals surface area contributed by atoms with Crippen LogP contribution in [0.5, 0.6) is 0 Å². The number of ether oxygens (including phenoxy) is 1. The van der Waals surface area contributed by atoms with Crippen molar-refractivity contribution < 1.29 is 22.7 Å². The van der Waals surface area contributed by atoms with E-state index in [1.165, 1.54) is 6.92 Å². The summed E-state index contributed by atoms with van der Waals surface area (Å²) < 4.78 is 41.2. The molecule has 1 rings (SSSR count). The summed E-state index contributed by atoms with van der Waals surface area (Å²) in [5, 5.41) is 0. The average molecular weight is 219 g/mol. The molecule has 0 saturated carbocycles. The highest BCUT2D eigenvalue weighted by Crippen LogP contribution is 2.29. The Morgan fingerprint density at radius 2 is 2.07 bits per heavy atom. The highest BCUT2D eigenvalue weighted by molar-refractivity contribution is 5.90.